The Morgan fingerprint density at radius 1 is 1.11 bits per heavy atom. The second-order valence-electron chi connectivity index (χ2n) is 10.6. The lowest BCUT2D eigenvalue weighted by Gasteiger charge is -2.57. The number of ether oxygens (including phenoxy) is 2. The fourth-order valence-corrected chi connectivity index (χ4v) is 7.53. The van der Waals surface area contributed by atoms with Crippen LogP contribution in [0.4, 0.5) is 4.39 Å². The minimum Gasteiger partial charge on any atom is -0.353 e. The van der Waals surface area contributed by atoms with Crippen molar-refractivity contribution in [1.29, 1.82) is 0 Å². The fraction of sp³-hybridized carbons (Fsp3) is 0.875. The molecule has 1 aliphatic heterocycles. The van der Waals surface area contributed by atoms with Crippen LogP contribution >= 0.6 is 0 Å². The van der Waals surface area contributed by atoms with Gasteiger partial charge in [0.1, 0.15) is 0 Å². The van der Waals surface area contributed by atoms with Gasteiger partial charge in [0.25, 0.3) is 0 Å². The summed E-state index contributed by atoms with van der Waals surface area (Å²) in [7, 11) is 0. The molecule has 0 aromatic heterocycles. The van der Waals surface area contributed by atoms with E-state index in [-0.39, 0.29) is 29.5 Å². The van der Waals surface area contributed by atoms with Crippen molar-refractivity contribution in [3.05, 3.63) is 11.6 Å². The summed E-state index contributed by atoms with van der Waals surface area (Å²) in [5.41, 5.74) is 1.35. The Morgan fingerprint density at radius 2 is 1.93 bits per heavy atom. The first kappa shape index (κ1) is 19.2. The Labute approximate surface area is 168 Å². The number of Topliss-reactive ketones (excluding diaryl/α,β-unsaturated/α-hetero) is 1. The van der Waals surface area contributed by atoms with E-state index in [9.17, 15) is 9.18 Å². The van der Waals surface area contributed by atoms with E-state index in [2.05, 4.69) is 13.0 Å². The lowest BCUT2D eigenvalue weighted by atomic mass is 9.48. The Balaban J connectivity index is 1.33. The SMILES string of the molecule is C[C@]12CCC(OC3CCCCO3)CC1=CC[C@@H]1[C@@H]2CC[C@]2(C)C(=O)[C@H](F)C[C@@H]12. The van der Waals surface area contributed by atoms with Crippen molar-refractivity contribution in [2.45, 2.75) is 96.6 Å². The normalized spacial score (nSPS) is 51.1. The summed E-state index contributed by atoms with van der Waals surface area (Å²) in [5.74, 6) is 1.18. The van der Waals surface area contributed by atoms with E-state index in [1.165, 1.54) is 6.42 Å². The minimum atomic E-state index is -1.23. The fourth-order valence-electron chi connectivity index (χ4n) is 7.53. The van der Waals surface area contributed by atoms with Crippen LogP contribution in [0.2, 0.25) is 0 Å². The molecule has 0 spiro atoms. The molecule has 8 atom stereocenters. The first-order valence-electron chi connectivity index (χ1n) is 11.6. The summed E-state index contributed by atoms with van der Waals surface area (Å²) in [6, 6.07) is 0. The van der Waals surface area contributed by atoms with Gasteiger partial charge in [-0.05, 0) is 87.4 Å². The number of allylic oxidation sites excluding steroid dienone is 1. The van der Waals surface area contributed by atoms with E-state index in [1.807, 2.05) is 6.92 Å². The predicted octanol–water partition coefficient (Wildman–Crippen LogP) is 5.38. The van der Waals surface area contributed by atoms with Crippen LogP contribution in [0.15, 0.2) is 11.6 Å². The van der Waals surface area contributed by atoms with Gasteiger partial charge in [0.05, 0.1) is 6.10 Å². The van der Waals surface area contributed by atoms with Gasteiger partial charge in [-0.25, -0.2) is 4.39 Å². The molecular formula is C24H35FO3. The van der Waals surface area contributed by atoms with Gasteiger partial charge >= 0.3 is 0 Å². The highest BCUT2D eigenvalue weighted by Crippen LogP contribution is 2.64. The largest absolute Gasteiger partial charge is 0.353 e. The van der Waals surface area contributed by atoms with Gasteiger partial charge in [-0.3, -0.25) is 4.79 Å². The lowest BCUT2D eigenvalue weighted by Crippen LogP contribution is -2.50. The van der Waals surface area contributed by atoms with E-state index < -0.39 is 11.6 Å². The summed E-state index contributed by atoms with van der Waals surface area (Å²) in [5, 5.41) is 0. The zero-order valence-electron chi connectivity index (χ0n) is 17.4. The summed E-state index contributed by atoms with van der Waals surface area (Å²) in [4.78, 5) is 12.5. The predicted molar refractivity (Wildman–Crippen MR) is 105 cm³/mol. The van der Waals surface area contributed by atoms with Gasteiger partial charge in [0.2, 0.25) is 0 Å². The van der Waals surface area contributed by atoms with Crippen LogP contribution in [0.1, 0.15) is 78.1 Å². The highest BCUT2D eigenvalue weighted by molar-refractivity contribution is 5.91. The van der Waals surface area contributed by atoms with Gasteiger partial charge in [-0.1, -0.05) is 25.5 Å². The van der Waals surface area contributed by atoms with Crippen molar-refractivity contribution in [2.24, 2.45) is 28.6 Å². The monoisotopic (exact) mass is 390 g/mol. The van der Waals surface area contributed by atoms with Crippen molar-refractivity contribution in [3.63, 3.8) is 0 Å². The summed E-state index contributed by atoms with van der Waals surface area (Å²) in [6.07, 6.45) is 11.5. The van der Waals surface area contributed by atoms with Crippen molar-refractivity contribution >= 4 is 5.78 Å². The van der Waals surface area contributed by atoms with Crippen LogP contribution in [0.5, 0.6) is 0 Å². The molecule has 1 heterocycles. The first-order chi connectivity index (χ1) is 13.4. The molecule has 2 unspecified atom stereocenters. The van der Waals surface area contributed by atoms with Crippen molar-refractivity contribution in [3.8, 4) is 0 Å². The average molecular weight is 391 g/mol. The van der Waals surface area contributed by atoms with Gasteiger partial charge in [-0.15, -0.1) is 0 Å². The number of ketones is 1. The zero-order valence-corrected chi connectivity index (χ0v) is 17.4. The number of fused-ring (bicyclic) bond motifs is 5. The second-order valence-corrected chi connectivity index (χ2v) is 10.6. The highest BCUT2D eigenvalue weighted by atomic mass is 19.1. The highest BCUT2D eigenvalue weighted by Gasteiger charge is 2.61. The third-order valence-electron chi connectivity index (χ3n) is 9.24. The first-order valence-corrected chi connectivity index (χ1v) is 11.6. The van der Waals surface area contributed by atoms with Crippen LogP contribution in [0.25, 0.3) is 0 Å². The maximum absolute atomic E-state index is 14.3. The summed E-state index contributed by atoms with van der Waals surface area (Å²) in [6.45, 7) is 5.32. The van der Waals surface area contributed by atoms with Crippen molar-refractivity contribution in [2.75, 3.05) is 6.61 Å². The van der Waals surface area contributed by atoms with Crippen molar-refractivity contribution in [1.82, 2.24) is 0 Å². The van der Waals surface area contributed by atoms with Crippen LogP contribution in [0, 0.1) is 28.6 Å². The van der Waals surface area contributed by atoms with Gasteiger partial charge < -0.3 is 9.47 Å². The van der Waals surface area contributed by atoms with E-state index in [0.29, 0.717) is 18.3 Å². The molecule has 0 N–H and O–H groups in total. The molecule has 0 bridgehead atoms. The van der Waals surface area contributed by atoms with Crippen LogP contribution in [0.3, 0.4) is 0 Å². The zero-order chi connectivity index (χ0) is 19.5. The Kier molecular flexibility index (Phi) is 4.74. The summed E-state index contributed by atoms with van der Waals surface area (Å²) < 4.78 is 26.4. The third-order valence-corrected chi connectivity index (χ3v) is 9.24. The van der Waals surface area contributed by atoms with Gasteiger partial charge in [0.15, 0.2) is 18.2 Å². The number of carbonyl (C=O) groups is 1. The average Bonchev–Trinajstić information content (AvgIpc) is 2.93. The standard InChI is InChI=1S/C24H35FO3/c1-23-10-8-16(28-21-5-3-4-12-27-21)13-15(23)6-7-17-18(23)9-11-24(2)19(17)14-20(25)22(24)26/h6,16-21H,3-5,7-14H2,1-2H3/t16?,17-,18+,19+,20-,21?,23+,24+/m1/s1. The number of alkyl halides is 1. The van der Waals surface area contributed by atoms with Gasteiger partial charge in [0, 0.05) is 12.0 Å². The molecule has 0 aromatic rings. The molecule has 0 aromatic carbocycles. The topological polar surface area (TPSA) is 35.5 Å². The molecule has 28 heavy (non-hydrogen) atoms. The van der Waals surface area contributed by atoms with E-state index in [1.54, 1.807) is 5.57 Å². The van der Waals surface area contributed by atoms with Crippen LogP contribution in [-0.4, -0.2) is 31.0 Å². The second kappa shape index (κ2) is 6.91. The number of hydrogen-bond acceptors (Lipinski definition) is 3. The van der Waals surface area contributed by atoms with Crippen molar-refractivity contribution < 1.29 is 18.7 Å². The quantitative estimate of drug-likeness (QED) is 0.594. The Hall–Kier alpha value is -0.740. The van der Waals surface area contributed by atoms with E-state index >= 15 is 0 Å². The molecule has 4 fully saturated rings. The number of carbonyl (C=O) groups excluding carboxylic acids is 1. The van der Waals surface area contributed by atoms with E-state index in [0.717, 1.165) is 58.0 Å². The minimum absolute atomic E-state index is 0.0126. The molecule has 0 amide bonds. The lowest BCUT2D eigenvalue weighted by molar-refractivity contribution is -0.195. The molecule has 1 saturated heterocycles. The molecule has 4 aliphatic carbocycles. The Bertz CT molecular complexity index is 669. The molecule has 5 rings (SSSR count). The maximum Gasteiger partial charge on any atom is 0.173 e. The Morgan fingerprint density at radius 3 is 2.71 bits per heavy atom. The number of rotatable bonds is 2. The smallest absolute Gasteiger partial charge is 0.173 e. The van der Waals surface area contributed by atoms with E-state index in [4.69, 9.17) is 9.47 Å². The molecule has 4 heteroatoms. The van der Waals surface area contributed by atoms with Gasteiger partial charge in [-0.2, -0.15) is 0 Å². The number of hydrogen-bond donors (Lipinski definition) is 0. The van der Waals surface area contributed by atoms with Crippen LogP contribution < -0.4 is 0 Å². The molecule has 3 nitrogen and oxygen atoms in total. The molecular weight excluding hydrogens is 355 g/mol. The maximum atomic E-state index is 14.3. The molecule has 5 aliphatic rings. The third kappa shape index (κ3) is 2.85. The molecule has 156 valence electrons. The molecule has 3 saturated carbocycles. The summed E-state index contributed by atoms with van der Waals surface area (Å²) >= 11 is 0. The number of halogens is 1. The molecule has 0 radical (unpaired) electrons. The van der Waals surface area contributed by atoms with Crippen LogP contribution in [-0.2, 0) is 14.3 Å².